The summed E-state index contributed by atoms with van der Waals surface area (Å²) in [4.78, 5) is 23.6. The number of aromatic carboxylic acids is 1. The second kappa shape index (κ2) is 6.83. The molecular formula is C14H14ClNO4. The fourth-order valence-electron chi connectivity index (χ4n) is 1.65. The van der Waals surface area contributed by atoms with Gasteiger partial charge in [0.15, 0.2) is 0 Å². The number of carbonyl (C=O) groups is 2. The SMILES string of the molecule is C#CCN(CC(C)C(=O)O)c1ccc(Cl)c(C(=O)O)c1. The lowest BCUT2D eigenvalue weighted by Gasteiger charge is -2.24. The first-order chi connectivity index (χ1) is 9.36. The summed E-state index contributed by atoms with van der Waals surface area (Å²) in [7, 11) is 0. The van der Waals surface area contributed by atoms with E-state index in [1.165, 1.54) is 12.1 Å². The molecule has 1 atom stereocenters. The van der Waals surface area contributed by atoms with Crippen molar-refractivity contribution >= 4 is 29.2 Å². The van der Waals surface area contributed by atoms with Crippen LogP contribution in [-0.4, -0.2) is 35.2 Å². The monoisotopic (exact) mass is 295 g/mol. The van der Waals surface area contributed by atoms with Crippen molar-refractivity contribution in [1.29, 1.82) is 0 Å². The molecule has 0 amide bonds. The lowest BCUT2D eigenvalue weighted by atomic mass is 10.1. The van der Waals surface area contributed by atoms with Crippen molar-refractivity contribution in [3.63, 3.8) is 0 Å². The molecule has 0 aliphatic carbocycles. The lowest BCUT2D eigenvalue weighted by Crippen LogP contribution is -2.32. The first kappa shape index (κ1) is 15.9. The van der Waals surface area contributed by atoms with Gasteiger partial charge in [-0.1, -0.05) is 24.4 Å². The molecule has 0 aliphatic heterocycles. The molecule has 0 saturated carbocycles. The van der Waals surface area contributed by atoms with E-state index in [2.05, 4.69) is 5.92 Å². The highest BCUT2D eigenvalue weighted by molar-refractivity contribution is 6.33. The van der Waals surface area contributed by atoms with Gasteiger partial charge in [-0.25, -0.2) is 4.79 Å². The molecule has 0 aromatic heterocycles. The summed E-state index contributed by atoms with van der Waals surface area (Å²) in [5, 5.41) is 18.1. The standard InChI is InChI=1S/C14H14ClNO4/c1-3-6-16(8-9(2)13(17)18)10-4-5-12(15)11(7-10)14(19)20/h1,4-5,7,9H,6,8H2,2H3,(H,17,18)(H,19,20). The average molecular weight is 296 g/mol. The highest BCUT2D eigenvalue weighted by atomic mass is 35.5. The summed E-state index contributed by atoms with van der Waals surface area (Å²) in [6, 6.07) is 4.45. The zero-order chi connectivity index (χ0) is 15.3. The molecule has 0 aliphatic rings. The van der Waals surface area contributed by atoms with Crippen LogP contribution in [0.3, 0.4) is 0 Å². The maximum Gasteiger partial charge on any atom is 0.337 e. The lowest BCUT2D eigenvalue weighted by molar-refractivity contribution is -0.140. The normalized spacial score (nSPS) is 11.4. The molecular weight excluding hydrogens is 282 g/mol. The van der Waals surface area contributed by atoms with E-state index in [0.29, 0.717) is 5.69 Å². The Hall–Kier alpha value is -2.19. The summed E-state index contributed by atoms with van der Waals surface area (Å²) < 4.78 is 0. The van der Waals surface area contributed by atoms with Crippen molar-refractivity contribution in [1.82, 2.24) is 0 Å². The number of carboxylic acid groups (broad SMARTS) is 2. The van der Waals surface area contributed by atoms with Crippen LogP contribution in [0.1, 0.15) is 17.3 Å². The van der Waals surface area contributed by atoms with Crippen LogP contribution in [0.5, 0.6) is 0 Å². The quantitative estimate of drug-likeness (QED) is 0.787. The van der Waals surface area contributed by atoms with Gasteiger partial charge < -0.3 is 15.1 Å². The van der Waals surface area contributed by atoms with Gasteiger partial charge in [-0.15, -0.1) is 6.42 Å². The Morgan fingerprint density at radius 2 is 2.10 bits per heavy atom. The fourth-order valence-corrected chi connectivity index (χ4v) is 1.85. The number of terminal acetylenes is 1. The molecule has 6 heteroatoms. The Morgan fingerprint density at radius 3 is 2.60 bits per heavy atom. The largest absolute Gasteiger partial charge is 0.481 e. The molecule has 0 radical (unpaired) electrons. The molecule has 1 rings (SSSR count). The number of hydrogen-bond acceptors (Lipinski definition) is 3. The van der Waals surface area contributed by atoms with Gasteiger partial charge in [0.05, 0.1) is 23.0 Å². The van der Waals surface area contributed by atoms with E-state index in [1.807, 2.05) is 0 Å². The summed E-state index contributed by atoms with van der Waals surface area (Å²) in [6.45, 7) is 1.92. The zero-order valence-electron chi connectivity index (χ0n) is 10.8. The van der Waals surface area contributed by atoms with Crippen molar-refractivity contribution in [3.05, 3.63) is 28.8 Å². The minimum atomic E-state index is -1.15. The molecule has 5 nitrogen and oxygen atoms in total. The van der Waals surface area contributed by atoms with Crippen LogP contribution in [0.4, 0.5) is 5.69 Å². The first-order valence-electron chi connectivity index (χ1n) is 5.81. The number of hydrogen-bond donors (Lipinski definition) is 2. The molecule has 1 aromatic rings. The van der Waals surface area contributed by atoms with Crippen molar-refractivity contribution in [3.8, 4) is 12.3 Å². The Labute approximate surface area is 121 Å². The van der Waals surface area contributed by atoms with Crippen molar-refractivity contribution in [2.24, 2.45) is 5.92 Å². The minimum absolute atomic E-state index is 0.0471. The number of halogens is 1. The van der Waals surface area contributed by atoms with Gasteiger partial charge in [-0.3, -0.25) is 4.79 Å². The number of nitrogens with zero attached hydrogens (tertiary/aromatic N) is 1. The molecule has 0 saturated heterocycles. The highest BCUT2D eigenvalue weighted by Gasteiger charge is 2.18. The van der Waals surface area contributed by atoms with Gasteiger partial charge in [0.25, 0.3) is 0 Å². The topological polar surface area (TPSA) is 77.8 Å². The predicted octanol–water partition coefficient (Wildman–Crippen LogP) is 2.20. The highest BCUT2D eigenvalue weighted by Crippen LogP contribution is 2.24. The van der Waals surface area contributed by atoms with E-state index >= 15 is 0 Å². The second-order valence-corrected chi connectivity index (χ2v) is 4.70. The Balaban J connectivity index is 3.09. The van der Waals surface area contributed by atoms with Crippen LogP contribution in [0, 0.1) is 18.3 Å². The molecule has 1 unspecified atom stereocenters. The van der Waals surface area contributed by atoms with Crippen molar-refractivity contribution < 1.29 is 19.8 Å². The van der Waals surface area contributed by atoms with Crippen molar-refractivity contribution in [2.45, 2.75) is 6.92 Å². The summed E-state index contributed by atoms with van der Waals surface area (Å²) in [5.74, 6) is -0.300. The van der Waals surface area contributed by atoms with Gasteiger partial charge in [-0.05, 0) is 18.2 Å². The van der Waals surface area contributed by atoms with E-state index in [1.54, 1.807) is 17.9 Å². The van der Waals surface area contributed by atoms with Crippen LogP contribution in [0.15, 0.2) is 18.2 Å². The van der Waals surface area contributed by atoms with Gasteiger partial charge in [0.1, 0.15) is 0 Å². The molecule has 106 valence electrons. The molecule has 0 heterocycles. The second-order valence-electron chi connectivity index (χ2n) is 4.29. The molecule has 2 N–H and O–H groups in total. The molecule has 1 aromatic carbocycles. The van der Waals surface area contributed by atoms with Gasteiger partial charge >= 0.3 is 11.9 Å². The average Bonchev–Trinajstić information content (AvgIpc) is 2.38. The number of benzene rings is 1. The van der Waals surface area contributed by atoms with Crippen LogP contribution < -0.4 is 4.90 Å². The smallest absolute Gasteiger partial charge is 0.337 e. The zero-order valence-corrected chi connectivity index (χ0v) is 11.6. The third-order valence-corrected chi connectivity index (χ3v) is 3.07. The number of rotatable bonds is 6. The number of anilines is 1. The fraction of sp³-hybridized carbons (Fsp3) is 0.286. The molecule has 0 bridgehead atoms. The summed E-state index contributed by atoms with van der Waals surface area (Å²) in [6.07, 6.45) is 5.26. The van der Waals surface area contributed by atoms with E-state index in [4.69, 9.17) is 28.2 Å². The van der Waals surface area contributed by atoms with E-state index in [9.17, 15) is 9.59 Å². The minimum Gasteiger partial charge on any atom is -0.481 e. The van der Waals surface area contributed by atoms with Crippen LogP contribution >= 0.6 is 11.6 Å². The Morgan fingerprint density at radius 1 is 1.45 bits per heavy atom. The van der Waals surface area contributed by atoms with Gasteiger partial charge in [-0.2, -0.15) is 0 Å². The third-order valence-electron chi connectivity index (χ3n) is 2.74. The van der Waals surface area contributed by atoms with Crippen molar-refractivity contribution in [2.75, 3.05) is 18.0 Å². The van der Waals surface area contributed by atoms with Gasteiger partial charge in [0.2, 0.25) is 0 Å². The van der Waals surface area contributed by atoms with Gasteiger partial charge in [0, 0.05) is 12.2 Å². The first-order valence-corrected chi connectivity index (χ1v) is 6.18. The molecule has 0 spiro atoms. The van der Waals surface area contributed by atoms with Crippen LogP contribution in [-0.2, 0) is 4.79 Å². The Bertz CT molecular complexity index is 565. The van der Waals surface area contributed by atoms with Crippen LogP contribution in [0.2, 0.25) is 5.02 Å². The Kier molecular flexibility index (Phi) is 5.42. The number of carboxylic acids is 2. The van der Waals surface area contributed by atoms with E-state index in [-0.39, 0.29) is 23.7 Å². The molecule has 20 heavy (non-hydrogen) atoms. The van der Waals surface area contributed by atoms with E-state index in [0.717, 1.165) is 0 Å². The molecule has 0 fully saturated rings. The maximum absolute atomic E-state index is 11.0. The van der Waals surface area contributed by atoms with Crippen LogP contribution in [0.25, 0.3) is 0 Å². The summed E-state index contributed by atoms with van der Waals surface area (Å²) in [5.41, 5.74) is 0.479. The number of aliphatic carboxylic acids is 1. The third kappa shape index (κ3) is 3.90. The maximum atomic E-state index is 11.0. The predicted molar refractivity (Wildman–Crippen MR) is 76.3 cm³/mol. The van der Waals surface area contributed by atoms with E-state index < -0.39 is 17.9 Å². The summed E-state index contributed by atoms with van der Waals surface area (Å²) >= 11 is 5.80.